The minimum Gasteiger partial charge on any atom is -0.474 e. The molecule has 6 nitrogen and oxygen atoms in total. The second-order valence-corrected chi connectivity index (χ2v) is 3.47. The molecule has 78 valence electrons. The van der Waals surface area contributed by atoms with Crippen molar-refractivity contribution >= 4 is 11.9 Å². The zero-order valence-corrected chi connectivity index (χ0v) is 8.00. The summed E-state index contributed by atoms with van der Waals surface area (Å²) in [7, 11) is 0. The van der Waals surface area contributed by atoms with Gasteiger partial charge in [0.05, 0.1) is 5.70 Å². The van der Waals surface area contributed by atoms with E-state index in [9.17, 15) is 9.59 Å². The van der Waals surface area contributed by atoms with Crippen LogP contribution < -0.4 is 16.4 Å². The maximum absolute atomic E-state index is 11.0. The molecule has 0 radical (unpaired) electrons. The van der Waals surface area contributed by atoms with Gasteiger partial charge in [0.2, 0.25) is 0 Å². The van der Waals surface area contributed by atoms with Gasteiger partial charge in [0.1, 0.15) is 0 Å². The Morgan fingerprint density at radius 2 is 2.21 bits per heavy atom. The summed E-state index contributed by atoms with van der Waals surface area (Å²) < 4.78 is 0. The molecular weight excluding hydrogens is 186 g/mol. The third-order valence-electron chi connectivity index (χ3n) is 2.28. The highest BCUT2D eigenvalue weighted by Crippen LogP contribution is 2.25. The Kier molecular flexibility index (Phi) is 2.37. The number of carbonyl (C=O) groups is 2. The highest BCUT2D eigenvalue weighted by molar-refractivity contribution is 6.31. The minimum atomic E-state index is -1.52. The van der Waals surface area contributed by atoms with E-state index in [4.69, 9.17) is 10.8 Å². The predicted octanol–water partition coefficient (Wildman–Crippen LogP) is -1.06. The first-order chi connectivity index (χ1) is 6.40. The molecule has 0 spiro atoms. The molecule has 14 heavy (non-hydrogen) atoms. The van der Waals surface area contributed by atoms with E-state index >= 15 is 0 Å². The average molecular weight is 199 g/mol. The van der Waals surface area contributed by atoms with E-state index in [0.717, 1.165) is 0 Å². The summed E-state index contributed by atoms with van der Waals surface area (Å²) in [5.74, 6) is -2.62. The zero-order valence-electron chi connectivity index (χ0n) is 8.00. The van der Waals surface area contributed by atoms with Crippen molar-refractivity contribution < 1.29 is 14.7 Å². The summed E-state index contributed by atoms with van der Waals surface area (Å²) in [5.41, 5.74) is 5.12. The number of rotatable bonds is 2. The lowest BCUT2D eigenvalue weighted by atomic mass is 9.88. The van der Waals surface area contributed by atoms with Gasteiger partial charge in [0.15, 0.2) is 5.66 Å². The standard InChI is InChI=1S/C8H13N3O3/c1-4(2)8(5(9)3-10-8)11-6(12)7(13)14/h3-4,10H,9H2,1-2H3,(H,11,12)(H,13,14)/t8-/m0/s1. The van der Waals surface area contributed by atoms with Crippen molar-refractivity contribution in [3.05, 3.63) is 11.9 Å². The number of hydrogen-bond donors (Lipinski definition) is 4. The monoisotopic (exact) mass is 199 g/mol. The number of aliphatic carboxylic acids is 1. The minimum absolute atomic E-state index is 0.0317. The molecule has 1 aliphatic rings. The van der Waals surface area contributed by atoms with Gasteiger partial charge in [-0.1, -0.05) is 13.8 Å². The molecule has 1 rings (SSSR count). The lowest BCUT2D eigenvalue weighted by molar-refractivity contribution is -0.151. The average Bonchev–Trinajstić information content (AvgIpc) is 2.10. The van der Waals surface area contributed by atoms with Gasteiger partial charge < -0.3 is 21.5 Å². The summed E-state index contributed by atoms with van der Waals surface area (Å²) in [5, 5.41) is 13.6. The maximum atomic E-state index is 11.0. The van der Waals surface area contributed by atoms with Crippen LogP contribution in [0.2, 0.25) is 0 Å². The molecule has 1 aliphatic heterocycles. The molecule has 1 heterocycles. The number of amides is 1. The van der Waals surface area contributed by atoms with Gasteiger partial charge in [-0.25, -0.2) is 4.79 Å². The summed E-state index contributed by atoms with van der Waals surface area (Å²) in [6, 6.07) is 0. The van der Waals surface area contributed by atoms with Crippen molar-refractivity contribution in [2.75, 3.05) is 0 Å². The first-order valence-electron chi connectivity index (χ1n) is 4.19. The highest BCUT2D eigenvalue weighted by atomic mass is 16.4. The molecule has 5 N–H and O–H groups in total. The van der Waals surface area contributed by atoms with Crippen LogP contribution in [0.4, 0.5) is 0 Å². The predicted molar refractivity (Wildman–Crippen MR) is 48.8 cm³/mol. The molecule has 0 unspecified atom stereocenters. The Bertz CT molecular complexity index is 311. The van der Waals surface area contributed by atoms with Crippen LogP contribution >= 0.6 is 0 Å². The maximum Gasteiger partial charge on any atom is 0.394 e. The molecule has 6 heteroatoms. The molecule has 0 fully saturated rings. The third kappa shape index (κ3) is 1.39. The fraction of sp³-hybridized carbons (Fsp3) is 0.500. The number of hydrogen-bond acceptors (Lipinski definition) is 4. The van der Waals surface area contributed by atoms with Crippen LogP contribution in [0, 0.1) is 5.92 Å². The molecule has 0 aromatic rings. The van der Waals surface area contributed by atoms with Crippen molar-refractivity contribution in [1.29, 1.82) is 0 Å². The molecule has 1 atom stereocenters. The summed E-state index contributed by atoms with van der Waals surface area (Å²) in [4.78, 5) is 21.3. The van der Waals surface area contributed by atoms with Gasteiger partial charge in [0.25, 0.3) is 0 Å². The van der Waals surface area contributed by atoms with Gasteiger partial charge in [-0.05, 0) is 0 Å². The van der Waals surface area contributed by atoms with Crippen molar-refractivity contribution in [3.63, 3.8) is 0 Å². The van der Waals surface area contributed by atoms with E-state index in [1.807, 2.05) is 13.8 Å². The molecule has 0 aromatic carbocycles. The number of carbonyl (C=O) groups excluding carboxylic acids is 1. The second kappa shape index (κ2) is 3.21. The van der Waals surface area contributed by atoms with E-state index in [1.165, 1.54) is 6.20 Å². The van der Waals surface area contributed by atoms with Gasteiger partial charge >= 0.3 is 11.9 Å². The van der Waals surface area contributed by atoms with Crippen LogP contribution in [0.3, 0.4) is 0 Å². The molecule has 0 aromatic heterocycles. The lowest BCUT2D eigenvalue weighted by Crippen LogP contribution is -2.69. The first-order valence-corrected chi connectivity index (χ1v) is 4.19. The van der Waals surface area contributed by atoms with Gasteiger partial charge in [0, 0.05) is 12.1 Å². The van der Waals surface area contributed by atoms with E-state index < -0.39 is 17.5 Å². The summed E-state index contributed by atoms with van der Waals surface area (Å²) in [6.07, 6.45) is 1.53. The van der Waals surface area contributed by atoms with Crippen LogP contribution in [-0.2, 0) is 9.59 Å². The Morgan fingerprint density at radius 3 is 2.43 bits per heavy atom. The van der Waals surface area contributed by atoms with Crippen molar-refractivity contribution in [2.24, 2.45) is 11.7 Å². The van der Waals surface area contributed by atoms with E-state index in [0.29, 0.717) is 5.70 Å². The topological polar surface area (TPSA) is 104 Å². The summed E-state index contributed by atoms with van der Waals surface area (Å²) in [6.45, 7) is 3.66. The largest absolute Gasteiger partial charge is 0.474 e. The Morgan fingerprint density at radius 1 is 1.64 bits per heavy atom. The van der Waals surface area contributed by atoms with E-state index in [1.54, 1.807) is 0 Å². The normalized spacial score (nSPS) is 24.6. The number of nitrogens with two attached hydrogens (primary N) is 1. The van der Waals surface area contributed by atoms with Gasteiger partial charge in [-0.2, -0.15) is 0 Å². The fourth-order valence-corrected chi connectivity index (χ4v) is 1.30. The first kappa shape index (κ1) is 10.4. The van der Waals surface area contributed by atoms with Gasteiger partial charge in [-0.15, -0.1) is 0 Å². The number of carboxylic acids is 1. The molecule has 0 saturated heterocycles. The van der Waals surface area contributed by atoms with E-state index in [-0.39, 0.29) is 5.92 Å². The van der Waals surface area contributed by atoms with Crippen LogP contribution in [0.1, 0.15) is 13.8 Å². The van der Waals surface area contributed by atoms with Crippen molar-refractivity contribution in [3.8, 4) is 0 Å². The second-order valence-electron chi connectivity index (χ2n) is 3.47. The lowest BCUT2D eigenvalue weighted by Gasteiger charge is -2.44. The highest BCUT2D eigenvalue weighted by Gasteiger charge is 2.43. The Labute approximate surface area is 81.2 Å². The quantitative estimate of drug-likeness (QED) is 0.424. The smallest absolute Gasteiger partial charge is 0.394 e. The van der Waals surface area contributed by atoms with Crippen LogP contribution in [-0.4, -0.2) is 22.6 Å². The van der Waals surface area contributed by atoms with Crippen LogP contribution in [0.15, 0.2) is 11.9 Å². The zero-order chi connectivity index (χ0) is 10.9. The molecule has 0 saturated carbocycles. The molecule has 0 bridgehead atoms. The van der Waals surface area contributed by atoms with Crippen molar-refractivity contribution in [1.82, 2.24) is 10.6 Å². The number of nitrogens with one attached hydrogen (secondary N) is 2. The molecule has 1 amide bonds. The summed E-state index contributed by atoms with van der Waals surface area (Å²) >= 11 is 0. The number of carboxylic acid groups (broad SMARTS) is 1. The molecule has 0 aliphatic carbocycles. The van der Waals surface area contributed by atoms with Crippen molar-refractivity contribution in [2.45, 2.75) is 19.5 Å². The van der Waals surface area contributed by atoms with E-state index in [2.05, 4.69) is 10.6 Å². The third-order valence-corrected chi connectivity index (χ3v) is 2.28. The molecular formula is C8H13N3O3. The Balaban J connectivity index is 2.79. The van der Waals surface area contributed by atoms with Crippen LogP contribution in [0.25, 0.3) is 0 Å². The van der Waals surface area contributed by atoms with Gasteiger partial charge in [-0.3, -0.25) is 4.79 Å². The fourth-order valence-electron chi connectivity index (χ4n) is 1.30. The van der Waals surface area contributed by atoms with Crippen LogP contribution in [0.5, 0.6) is 0 Å². The Hall–Kier alpha value is -1.72. The SMILES string of the molecule is CC(C)[C@@]1(NC(=O)C(=O)O)NC=C1N.